The number of pyridine rings is 1. The summed E-state index contributed by atoms with van der Waals surface area (Å²) in [6, 6.07) is 11.1. The van der Waals surface area contributed by atoms with Gasteiger partial charge in [0.2, 0.25) is 5.88 Å². The summed E-state index contributed by atoms with van der Waals surface area (Å²) < 4.78 is 6.39. The first-order valence-corrected chi connectivity index (χ1v) is 9.66. The van der Waals surface area contributed by atoms with E-state index in [0.29, 0.717) is 23.0 Å². The summed E-state index contributed by atoms with van der Waals surface area (Å²) in [5.74, 6) is 0.142. The molecule has 1 aromatic carbocycles. The van der Waals surface area contributed by atoms with Crippen molar-refractivity contribution in [3.63, 3.8) is 0 Å². The van der Waals surface area contributed by atoms with E-state index in [4.69, 9.17) is 33.8 Å². The summed E-state index contributed by atoms with van der Waals surface area (Å²) >= 11 is 12.6. The number of aromatic nitrogens is 1. The van der Waals surface area contributed by atoms with Crippen molar-refractivity contribution < 1.29 is 9.53 Å². The van der Waals surface area contributed by atoms with Crippen molar-refractivity contribution in [3.8, 4) is 5.88 Å². The maximum Gasteiger partial charge on any atom is 0.268 e. The minimum atomic E-state index is -0.245. The number of carbonyl (C=O) groups is 1. The average molecular weight is 408 g/mol. The predicted molar refractivity (Wildman–Crippen MR) is 107 cm³/mol. The van der Waals surface area contributed by atoms with Gasteiger partial charge in [0.25, 0.3) is 5.91 Å². The van der Waals surface area contributed by atoms with Crippen LogP contribution in [0.15, 0.2) is 42.6 Å². The zero-order valence-electron chi connectivity index (χ0n) is 15.2. The lowest BCUT2D eigenvalue weighted by atomic mass is 9.68. The highest BCUT2D eigenvalue weighted by molar-refractivity contribution is 6.30. The smallest absolute Gasteiger partial charge is 0.268 e. The molecule has 5 nitrogen and oxygen atoms in total. The maximum atomic E-state index is 12.7. The Balaban J connectivity index is 1.71. The molecule has 0 atom stereocenters. The van der Waals surface area contributed by atoms with Crippen LogP contribution in [0, 0.1) is 0 Å². The number of ether oxygens (including phenoxy) is 1. The summed E-state index contributed by atoms with van der Waals surface area (Å²) in [5.41, 5.74) is 7.64. The minimum absolute atomic E-state index is 0.0443. The number of rotatable bonds is 5. The van der Waals surface area contributed by atoms with Crippen molar-refractivity contribution >= 4 is 29.3 Å². The van der Waals surface area contributed by atoms with Crippen LogP contribution < -0.4 is 10.5 Å². The highest BCUT2D eigenvalue weighted by Gasteiger charge is 2.38. The fraction of sp³-hybridized carbons (Fsp3) is 0.400. The molecule has 2 N–H and O–H groups in total. The van der Waals surface area contributed by atoms with Gasteiger partial charge in [-0.1, -0.05) is 23.7 Å². The lowest BCUT2D eigenvalue weighted by Gasteiger charge is -2.41. The van der Waals surface area contributed by atoms with Gasteiger partial charge in [-0.2, -0.15) is 0 Å². The van der Waals surface area contributed by atoms with Gasteiger partial charge in [-0.15, -0.1) is 0 Å². The van der Waals surface area contributed by atoms with E-state index in [1.54, 1.807) is 12.1 Å². The molecule has 7 heteroatoms. The number of carbonyl (C=O) groups excluding carboxylic acids is 1. The van der Waals surface area contributed by atoms with Gasteiger partial charge in [-0.25, -0.2) is 9.40 Å². The second-order valence-electron chi connectivity index (χ2n) is 6.93. The Bertz CT molecular complexity index is 807. The van der Waals surface area contributed by atoms with Crippen molar-refractivity contribution in [2.45, 2.75) is 37.1 Å². The summed E-state index contributed by atoms with van der Waals surface area (Å²) in [6.45, 7) is 0.540. The van der Waals surface area contributed by atoms with E-state index >= 15 is 0 Å². The summed E-state index contributed by atoms with van der Waals surface area (Å²) in [6.07, 6.45) is 4.80. The fourth-order valence-electron chi connectivity index (χ4n) is 3.75. The zero-order valence-corrected chi connectivity index (χ0v) is 16.7. The maximum absolute atomic E-state index is 12.7. The molecule has 0 bridgehead atoms. The molecule has 1 aliphatic rings. The molecule has 1 aliphatic carbocycles. The molecule has 0 saturated heterocycles. The molecular weight excluding hydrogens is 385 g/mol. The number of hydrogen-bond donors (Lipinski definition) is 1. The molecule has 0 radical (unpaired) electrons. The van der Waals surface area contributed by atoms with Gasteiger partial charge in [0.05, 0.1) is 7.11 Å². The van der Waals surface area contributed by atoms with Crippen LogP contribution in [0.2, 0.25) is 5.02 Å². The monoisotopic (exact) mass is 407 g/mol. The van der Waals surface area contributed by atoms with Crippen LogP contribution in [0.25, 0.3) is 0 Å². The number of nitrogens with zero attached hydrogens (tertiary/aromatic N) is 2. The van der Waals surface area contributed by atoms with Gasteiger partial charge in [0, 0.05) is 52.6 Å². The Hall–Kier alpha value is -1.82. The molecule has 3 rings (SSSR count). The molecule has 2 aromatic rings. The van der Waals surface area contributed by atoms with Crippen LogP contribution in [-0.4, -0.2) is 35.0 Å². The van der Waals surface area contributed by atoms with Crippen LogP contribution in [0.4, 0.5) is 0 Å². The lowest BCUT2D eigenvalue weighted by molar-refractivity contribution is 0.0778. The molecule has 1 amide bonds. The normalized spacial score (nSPS) is 22.3. The van der Waals surface area contributed by atoms with E-state index in [1.165, 1.54) is 17.7 Å². The molecule has 0 unspecified atom stereocenters. The van der Waals surface area contributed by atoms with Crippen LogP contribution >= 0.6 is 23.4 Å². The highest BCUT2D eigenvalue weighted by atomic mass is 35.5. The quantitative estimate of drug-likeness (QED) is 0.754. The minimum Gasteiger partial charge on any atom is -0.481 e. The van der Waals surface area contributed by atoms with Crippen LogP contribution in [0.1, 0.15) is 41.6 Å². The second kappa shape index (κ2) is 8.46. The zero-order chi connectivity index (χ0) is 19.4. The SMILES string of the molecule is COc1cc(C(=O)N(Cl)C2CCC(CN)(c3cccc(Cl)c3)CC2)ccn1. The molecule has 1 saturated carbocycles. The largest absolute Gasteiger partial charge is 0.481 e. The Morgan fingerprint density at radius 3 is 2.70 bits per heavy atom. The first-order chi connectivity index (χ1) is 13.0. The number of hydrogen-bond acceptors (Lipinski definition) is 4. The average Bonchev–Trinajstić information content (AvgIpc) is 2.72. The lowest BCUT2D eigenvalue weighted by Crippen LogP contribution is -2.44. The van der Waals surface area contributed by atoms with E-state index in [9.17, 15) is 4.79 Å². The third-order valence-electron chi connectivity index (χ3n) is 5.45. The second-order valence-corrected chi connectivity index (χ2v) is 7.73. The number of methoxy groups -OCH3 is 1. The number of benzene rings is 1. The van der Waals surface area contributed by atoms with Gasteiger partial charge in [0.15, 0.2) is 0 Å². The number of amides is 1. The Labute approximate surface area is 169 Å². The van der Waals surface area contributed by atoms with Crippen molar-refractivity contribution in [2.75, 3.05) is 13.7 Å². The van der Waals surface area contributed by atoms with Gasteiger partial charge < -0.3 is 10.5 Å². The van der Waals surface area contributed by atoms with E-state index in [2.05, 4.69) is 11.1 Å². The van der Waals surface area contributed by atoms with Crippen LogP contribution in [-0.2, 0) is 5.41 Å². The predicted octanol–water partition coefficient (Wildman–Crippen LogP) is 4.18. The van der Waals surface area contributed by atoms with E-state index in [0.717, 1.165) is 31.2 Å². The molecule has 0 spiro atoms. The molecule has 1 fully saturated rings. The number of nitrogens with two attached hydrogens (primary N) is 1. The molecule has 1 heterocycles. The van der Waals surface area contributed by atoms with Crippen LogP contribution in [0.5, 0.6) is 5.88 Å². The Morgan fingerprint density at radius 1 is 1.33 bits per heavy atom. The summed E-state index contributed by atoms with van der Waals surface area (Å²) in [7, 11) is 1.51. The molecule has 0 aliphatic heterocycles. The van der Waals surface area contributed by atoms with E-state index < -0.39 is 0 Å². The number of halogens is 2. The topological polar surface area (TPSA) is 68.5 Å². The fourth-order valence-corrected chi connectivity index (χ4v) is 4.24. The van der Waals surface area contributed by atoms with Gasteiger partial charge in [-0.05, 0) is 49.4 Å². The summed E-state index contributed by atoms with van der Waals surface area (Å²) in [5, 5.41) is 0.711. The van der Waals surface area contributed by atoms with E-state index in [-0.39, 0.29) is 17.4 Å². The van der Waals surface area contributed by atoms with Crippen LogP contribution in [0.3, 0.4) is 0 Å². The standard InChI is InChI=1S/C20H23Cl2N3O2/c1-27-18-11-14(7-10-24-18)19(26)25(22)17-5-8-20(13-23,9-6-17)15-3-2-4-16(21)12-15/h2-4,7,10-12,17H,5-6,8-9,13,23H2,1H3. The van der Waals surface area contributed by atoms with Crippen molar-refractivity contribution in [1.82, 2.24) is 9.40 Å². The first kappa shape index (κ1) is 19.9. The van der Waals surface area contributed by atoms with Gasteiger partial charge in [-0.3, -0.25) is 4.79 Å². The molecular formula is C20H23Cl2N3O2. The molecule has 27 heavy (non-hydrogen) atoms. The molecule has 1 aromatic heterocycles. The Kier molecular flexibility index (Phi) is 6.25. The third kappa shape index (κ3) is 4.21. The van der Waals surface area contributed by atoms with Crippen molar-refractivity contribution in [3.05, 3.63) is 58.7 Å². The van der Waals surface area contributed by atoms with E-state index in [1.807, 2.05) is 18.2 Å². The molecule has 144 valence electrons. The summed E-state index contributed by atoms with van der Waals surface area (Å²) in [4.78, 5) is 16.7. The first-order valence-electron chi connectivity index (χ1n) is 8.94. The van der Waals surface area contributed by atoms with Gasteiger partial charge in [0.1, 0.15) is 0 Å². The van der Waals surface area contributed by atoms with Gasteiger partial charge >= 0.3 is 0 Å². The third-order valence-corrected chi connectivity index (χ3v) is 6.11. The highest BCUT2D eigenvalue weighted by Crippen LogP contribution is 2.41. The van der Waals surface area contributed by atoms with Crippen molar-refractivity contribution in [1.29, 1.82) is 0 Å². The van der Waals surface area contributed by atoms with Crippen molar-refractivity contribution in [2.24, 2.45) is 5.73 Å². The Morgan fingerprint density at radius 2 is 2.07 bits per heavy atom.